The normalized spacial score (nSPS) is 13.8. The Bertz CT molecular complexity index is 1970. The molecule has 10 rings (SSSR count). The minimum atomic E-state index is 1.02. The van der Waals surface area contributed by atoms with Gasteiger partial charge in [-0.2, -0.15) is 0 Å². The molecule has 0 heterocycles. The molecule has 39 heavy (non-hydrogen) atoms. The molecule has 7 aromatic rings. The average molecular weight is 493 g/mol. The summed E-state index contributed by atoms with van der Waals surface area (Å²) in [6.45, 7) is 0. The topological polar surface area (TPSA) is 0 Å². The summed E-state index contributed by atoms with van der Waals surface area (Å²) in [4.78, 5) is 0. The van der Waals surface area contributed by atoms with Gasteiger partial charge in [-0.15, -0.1) is 0 Å². The summed E-state index contributed by atoms with van der Waals surface area (Å²) >= 11 is 0. The van der Waals surface area contributed by atoms with Crippen LogP contribution in [0.25, 0.3) is 65.7 Å². The molecule has 0 amide bonds. The van der Waals surface area contributed by atoms with Crippen LogP contribution in [-0.2, 0) is 19.3 Å². The van der Waals surface area contributed by atoms with E-state index in [9.17, 15) is 0 Å². The molecule has 0 fully saturated rings. The van der Waals surface area contributed by atoms with Gasteiger partial charge < -0.3 is 0 Å². The van der Waals surface area contributed by atoms with E-state index in [1.54, 1.807) is 16.7 Å². The van der Waals surface area contributed by atoms with Crippen molar-refractivity contribution in [3.05, 3.63) is 143 Å². The van der Waals surface area contributed by atoms with Crippen LogP contribution < -0.4 is 0 Å². The molecule has 3 aliphatic rings. The lowest BCUT2D eigenvalue weighted by molar-refractivity contribution is 1.21. The lowest BCUT2D eigenvalue weighted by Crippen LogP contribution is -1.97. The zero-order valence-corrected chi connectivity index (χ0v) is 21.5. The number of rotatable bonds is 0. The highest BCUT2D eigenvalue weighted by Crippen LogP contribution is 2.59. The fourth-order valence-electron chi connectivity index (χ4n) is 8.21. The predicted molar refractivity (Wildman–Crippen MR) is 164 cm³/mol. The lowest BCUT2D eigenvalue weighted by atomic mass is 9.84. The maximum Gasteiger partial charge on any atom is -0.000683 e. The van der Waals surface area contributed by atoms with Gasteiger partial charge in [0.15, 0.2) is 0 Å². The molecule has 0 spiro atoms. The van der Waals surface area contributed by atoms with Crippen molar-refractivity contribution in [2.24, 2.45) is 0 Å². The van der Waals surface area contributed by atoms with Crippen molar-refractivity contribution in [3.63, 3.8) is 0 Å². The number of benzene rings is 7. The van der Waals surface area contributed by atoms with Crippen LogP contribution in [0.5, 0.6) is 0 Å². The molecule has 3 aliphatic carbocycles. The Kier molecular flexibility index (Phi) is 3.66. The number of hydrogen-bond acceptors (Lipinski definition) is 0. The van der Waals surface area contributed by atoms with Gasteiger partial charge in [-0.25, -0.2) is 0 Å². The third kappa shape index (κ3) is 2.46. The summed E-state index contributed by atoms with van der Waals surface area (Å²) in [5, 5.41) is 8.20. The smallest absolute Gasteiger partial charge is 0.000683 e. The Hall–Kier alpha value is -4.68. The second kappa shape index (κ2) is 7.04. The third-order valence-electron chi connectivity index (χ3n) is 9.71. The van der Waals surface area contributed by atoms with E-state index < -0.39 is 0 Å². The fraction of sp³-hybridized carbons (Fsp3) is 0.0769. The van der Waals surface area contributed by atoms with E-state index in [-0.39, 0.29) is 0 Å². The van der Waals surface area contributed by atoms with Gasteiger partial charge >= 0.3 is 0 Å². The summed E-state index contributed by atoms with van der Waals surface area (Å²) in [5.41, 5.74) is 18.1. The molecule has 0 saturated heterocycles. The largest absolute Gasteiger partial charge is 0.0616 e. The van der Waals surface area contributed by atoms with E-state index in [0.29, 0.717) is 0 Å². The molecule has 0 aromatic heterocycles. The molecular weight excluding hydrogens is 468 g/mol. The molecular formula is C39H24. The molecule has 0 unspecified atom stereocenters. The van der Waals surface area contributed by atoms with Crippen molar-refractivity contribution in [1.82, 2.24) is 0 Å². The summed E-state index contributed by atoms with van der Waals surface area (Å²) < 4.78 is 0. The Morgan fingerprint density at radius 1 is 0.282 bits per heavy atom. The van der Waals surface area contributed by atoms with Gasteiger partial charge in [0, 0.05) is 0 Å². The van der Waals surface area contributed by atoms with Crippen LogP contribution in [0, 0.1) is 0 Å². The quantitative estimate of drug-likeness (QED) is 0.198. The van der Waals surface area contributed by atoms with E-state index in [1.807, 2.05) is 0 Å². The second-order valence-corrected chi connectivity index (χ2v) is 11.6. The molecule has 0 aliphatic heterocycles. The van der Waals surface area contributed by atoms with Crippen LogP contribution >= 0.6 is 0 Å². The van der Waals surface area contributed by atoms with Gasteiger partial charge in [-0.05, 0) is 118 Å². The van der Waals surface area contributed by atoms with E-state index in [4.69, 9.17) is 0 Å². The molecule has 180 valence electrons. The van der Waals surface area contributed by atoms with Crippen LogP contribution in [0.1, 0.15) is 33.4 Å². The van der Waals surface area contributed by atoms with Gasteiger partial charge in [-0.3, -0.25) is 0 Å². The van der Waals surface area contributed by atoms with E-state index in [1.165, 1.54) is 82.4 Å². The SMILES string of the molecule is c1ccc2c3c(ccc2c1)Cc1c-3c2c(c3c1-c1c(ccc4ccccc14)C3)-c1c(ccc3ccccc13)C2. The van der Waals surface area contributed by atoms with E-state index in [2.05, 4.69) is 109 Å². The highest BCUT2D eigenvalue weighted by atomic mass is 14.4. The van der Waals surface area contributed by atoms with Gasteiger partial charge in [0.1, 0.15) is 0 Å². The van der Waals surface area contributed by atoms with Gasteiger partial charge in [-0.1, -0.05) is 109 Å². The summed E-state index contributed by atoms with van der Waals surface area (Å²) in [5.74, 6) is 0. The van der Waals surface area contributed by atoms with Crippen LogP contribution in [-0.4, -0.2) is 0 Å². The van der Waals surface area contributed by atoms with Crippen LogP contribution in [0.4, 0.5) is 0 Å². The van der Waals surface area contributed by atoms with Crippen molar-refractivity contribution in [2.45, 2.75) is 19.3 Å². The zero-order valence-electron chi connectivity index (χ0n) is 21.5. The van der Waals surface area contributed by atoms with E-state index in [0.717, 1.165) is 19.3 Å². The summed E-state index contributed by atoms with van der Waals surface area (Å²) in [7, 11) is 0. The minimum Gasteiger partial charge on any atom is -0.0616 e. The van der Waals surface area contributed by atoms with Gasteiger partial charge in [0.2, 0.25) is 0 Å². The summed E-state index contributed by atoms with van der Waals surface area (Å²) in [6, 6.07) is 41.1. The van der Waals surface area contributed by atoms with Gasteiger partial charge in [0.05, 0.1) is 0 Å². The number of hydrogen-bond donors (Lipinski definition) is 0. The van der Waals surface area contributed by atoms with E-state index >= 15 is 0 Å². The van der Waals surface area contributed by atoms with Crippen molar-refractivity contribution < 1.29 is 0 Å². The maximum atomic E-state index is 2.40. The molecule has 0 heteroatoms. The molecule has 0 saturated carbocycles. The molecule has 0 nitrogen and oxygen atoms in total. The second-order valence-electron chi connectivity index (χ2n) is 11.6. The average Bonchev–Trinajstić information content (AvgIpc) is 3.68. The van der Waals surface area contributed by atoms with Crippen molar-refractivity contribution in [1.29, 1.82) is 0 Å². The molecule has 7 aromatic carbocycles. The monoisotopic (exact) mass is 492 g/mol. The Labute approximate surface area is 227 Å². The highest BCUT2D eigenvalue weighted by molar-refractivity contribution is 6.13. The van der Waals surface area contributed by atoms with Crippen LogP contribution in [0.2, 0.25) is 0 Å². The highest BCUT2D eigenvalue weighted by Gasteiger charge is 2.38. The Morgan fingerprint density at radius 2 is 0.590 bits per heavy atom. The summed E-state index contributed by atoms with van der Waals surface area (Å²) in [6.07, 6.45) is 3.06. The molecule has 0 radical (unpaired) electrons. The first kappa shape index (κ1) is 20.3. The maximum absolute atomic E-state index is 2.40. The van der Waals surface area contributed by atoms with Gasteiger partial charge in [0.25, 0.3) is 0 Å². The molecule has 0 bridgehead atoms. The standard InChI is InChI=1S/C39H24/c1-4-10-28-22(7-1)13-16-25-19-31-37(34(25)28)32-20-26-17-14-23-8-2-5-11-29(23)35(26)39(32)33-21-27-18-15-24-9-3-6-12-30(24)36(27)38(31)33/h1-18H,19-21H2. The molecule has 0 N–H and O–H groups in total. The van der Waals surface area contributed by atoms with Crippen molar-refractivity contribution in [3.8, 4) is 33.4 Å². The zero-order chi connectivity index (χ0) is 25.2. The first-order chi connectivity index (χ1) is 19.3. The first-order valence-corrected chi connectivity index (χ1v) is 14.1. The number of fused-ring (bicyclic) bond motifs is 18. The first-order valence-electron chi connectivity index (χ1n) is 14.1. The third-order valence-corrected chi connectivity index (χ3v) is 9.71. The Balaban J connectivity index is 1.42. The van der Waals surface area contributed by atoms with Crippen LogP contribution in [0.3, 0.4) is 0 Å². The fourth-order valence-corrected chi connectivity index (χ4v) is 8.21. The van der Waals surface area contributed by atoms with Crippen molar-refractivity contribution >= 4 is 32.3 Å². The lowest BCUT2D eigenvalue weighted by Gasteiger charge is -2.19. The minimum absolute atomic E-state index is 1.02. The van der Waals surface area contributed by atoms with Crippen molar-refractivity contribution in [2.75, 3.05) is 0 Å². The Morgan fingerprint density at radius 3 is 0.923 bits per heavy atom. The predicted octanol–water partition coefficient (Wildman–Crippen LogP) is 9.86. The molecule has 0 atom stereocenters. The van der Waals surface area contributed by atoms with Crippen LogP contribution in [0.15, 0.2) is 109 Å².